The van der Waals surface area contributed by atoms with E-state index in [1.54, 1.807) is 18.5 Å². The zero-order valence-corrected chi connectivity index (χ0v) is 13.4. The Balaban J connectivity index is 1.41. The van der Waals surface area contributed by atoms with Crippen LogP contribution in [-0.4, -0.2) is 46.5 Å². The molecular weight excluding hydrogens is 290 g/mol. The van der Waals surface area contributed by atoms with Crippen molar-refractivity contribution in [2.75, 3.05) is 19.6 Å². The lowest BCUT2D eigenvalue weighted by atomic mass is 9.91. The molecule has 1 aromatic rings. The summed E-state index contributed by atoms with van der Waals surface area (Å²) >= 11 is 0. The monoisotopic (exact) mass is 315 g/mol. The molecule has 3 aliphatic rings. The van der Waals surface area contributed by atoms with Crippen molar-refractivity contribution < 1.29 is 4.79 Å². The number of piperidine rings is 1. The molecule has 2 aliphatic carbocycles. The van der Waals surface area contributed by atoms with Gasteiger partial charge in [-0.2, -0.15) is 0 Å². The van der Waals surface area contributed by atoms with Gasteiger partial charge >= 0.3 is 0 Å². The second-order valence-electron chi connectivity index (χ2n) is 7.41. The van der Waals surface area contributed by atoms with Gasteiger partial charge in [-0.25, -0.2) is 9.97 Å². The number of nitrogens with two attached hydrogens (primary N) is 1. The summed E-state index contributed by atoms with van der Waals surface area (Å²) in [6.07, 6.45) is 8.88. The predicted octanol–water partition coefficient (Wildman–Crippen LogP) is 0.641. The summed E-state index contributed by atoms with van der Waals surface area (Å²) < 4.78 is 0. The highest BCUT2D eigenvalue weighted by Gasteiger charge is 2.49. The zero-order valence-electron chi connectivity index (χ0n) is 13.4. The van der Waals surface area contributed by atoms with Crippen molar-refractivity contribution in [2.45, 2.75) is 43.7 Å². The van der Waals surface area contributed by atoms with Gasteiger partial charge in [-0.3, -0.25) is 4.79 Å². The maximum Gasteiger partial charge on any atom is 0.226 e. The van der Waals surface area contributed by atoms with Crippen LogP contribution in [0.4, 0.5) is 0 Å². The number of hydrogen-bond acceptors (Lipinski definition) is 5. The van der Waals surface area contributed by atoms with Crippen LogP contribution < -0.4 is 11.1 Å². The summed E-state index contributed by atoms with van der Waals surface area (Å²) in [5.74, 6) is 1.53. The van der Waals surface area contributed by atoms with Gasteiger partial charge in [-0.1, -0.05) is 0 Å². The van der Waals surface area contributed by atoms with Gasteiger partial charge in [0.25, 0.3) is 0 Å². The fourth-order valence-corrected chi connectivity index (χ4v) is 3.55. The molecule has 2 atom stereocenters. The number of carbonyl (C=O) groups excluding carboxylic acids is 1. The van der Waals surface area contributed by atoms with Gasteiger partial charge in [0.1, 0.15) is 0 Å². The third kappa shape index (κ3) is 3.23. The Kier molecular flexibility index (Phi) is 3.81. The second-order valence-corrected chi connectivity index (χ2v) is 7.41. The number of nitrogens with zero attached hydrogens (tertiary/aromatic N) is 3. The molecule has 6 heteroatoms. The summed E-state index contributed by atoms with van der Waals surface area (Å²) in [4.78, 5) is 23.9. The van der Waals surface area contributed by atoms with E-state index in [1.807, 2.05) is 0 Å². The van der Waals surface area contributed by atoms with Crippen LogP contribution in [0.25, 0.3) is 0 Å². The van der Waals surface area contributed by atoms with E-state index in [-0.39, 0.29) is 23.4 Å². The molecule has 0 spiro atoms. The van der Waals surface area contributed by atoms with Gasteiger partial charge in [0, 0.05) is 31.5 Å². The smallest absolute Gasteiger partial charge is 0.226 e. The molecule has 1 aromatic heterocycles. The molecule has 0 aromatic carbocycles. The standard InChI is InChI=1S/C17H25N5O/c18-14-4-9-22(10-12-2-3-12)11-13(14)15(23)21-17(5-6-17)16-19-7-1-8-20-16/h1,7-8,12-14H,2-6,9-11,18H2,(H,21,23)/t13-,14-/m0/s1. The first-order valence-corrected chi connectivity index (χ1v) is 8.74. The third-order valence-electron chi connectivity index (χ3n) is 5.41. The molecular formula is C17H25N5O. The van der Waals surface area contributed by atoms with Gasteiger partial charge in [0.2, 0.25) is 5.91 Å². The van der Waals surface area contributed by atoms with E-state index < -0.39 is 0 Å². The molecule has 3 fully saturated rings. The lowest BCUT2D eigenvalue weighted by molar-refractivity contribution is -0.128. The van der Waals surface area contributed by atoms with Crippen molar-refractivity contribution in [3.05, 3.63) is 24.3 Å². The van der Waals surface area contributed by atoms with Gasteiger partial charge in [-0.05, 0) is 50.6 Å². The van der Waals surface area contributed by atoms with Gasteiger partial charge < -0.3 is 16.0 Å². The van der Waals surface area contributed by atoms with Crippen LogP contribution in [0, 0.1) is 11.8 Å². The molecule has 124 valence electrons. The fraction of sp³-hybridized carbons (Fsp3) is 0.706. The van der Waals surface area contributed by atoms with E-state index >= 15 is 0 Å². The van der Waals surface area contributed by atoms with Crippen molar-refractivity contribution in [3.8, 4) is 0 Å². The van der Waals surface area contributed by atoms with Crippen LogP contribution in [0.2, 0.25) is 0 Å². The van der Waals surface area contributed by atoms with Crippen LogP contribution in [0.15, 0.2) is 18.5 Å². The lowest BCUT2D eigenvalue weighted by Crippen LogP contribution is -2.55. The van der Waals surface area contributed by atoms with Gasteiger partial charge in [-0.15, -0.1) is 0 Å². The van der Waals surface area contributed by atoms with Crippen molar-refractivity contribution in [1.29, 1.82) is 0 Å². The molecule has 1 saturated heterocycles. The van der Waals surface area contributed by atoms with Crippen molar-refractivity contribution in [2.24, 2.45) is 17.6 Å². The maximum atomic E-state index is 12.8. The Morgan fingerprint density at radius 2 is 2.04 bits per heavy atom. The van der Waals surface area contributed by atoms with E-state index in [2.05, 4.69) is 20.2 Å². The highest BCUT2D eigenvalue weighted by molar-refractivity contribution is 5.81. The summed E-state index contributed by atoms with van der Waals surface area (Å²) in [6.45, 7) is 2.94. The first-order valence-electron chi connectivity index (χ1n) is 8.74. The van der Waals surface area contributed by atoms with E-state index in [0.717, 1.165) is 50.6 Å². The SMILES string of the molecule is N[C@H]1CCN(CC2CC2)C[C@@H]1C(=O)NC1(c2ncccn2)CC1. The first kappa shape index (κ1) is 15.0. The summed E-state index contributed by atoms with van der Waals surface area (Å²) in [6, 6.07) is 1.76. The zero-order chi connectivity index (χ0) is 15.9. The molecule has 2 saturated carbocycles. The number of rotatable bonds is 5. The van der Waals surface area contributed by atoms with E-state index in [4.69, 9.17) is 5.73 Å². The molecule has 1 amide bonds. The third-order valence-corrected chi connectivity index (χ3v) is 5.41. The minimum atomic E-state index is -0.350. The Hall–Kier alpha value is -1.53. The highest BCUT2D eigenvalue weighted by atomic mass is 16.2. The van der Waals surface area contributed by atoms with Crippen molar-refractivity contribution >= 4 is 5.91 Å². The van der Waals surface area contributed by atoms with Crippen LogP contribution in [0.3, 0.4) is 0 Å². The number of aromatic nitrogens is 2. The second kappa shape index (κ2) is 5.83. The largest absolute Gasteiger partial charge is 0.343 e. The van der Waals surface area contributed by atoms with Gasteiger partial charge in [0.15, 0.2) is 5.82 Å². The number of nitrogens with one attached hydrogen (secondary N) is 1. The van der Waals surface area contributed by atoms with Crippen molar-refractivity contribution in [3.63, 3.8) is 0 Å². The number of carbonyl (C=O) groups is 1. The first-order chi connectivity index (χ1) is 11.2. The Bertz CT molecular complexity index is 570. The average molecular weight is 315 g/mol. The Morgan fingerprint density at radius 3 is 2.70 bits per heavy atom. The average Bonchev–Trinajstić information content (AvgIpc) is 3.47. The van der Waals surface area contributed by atoms with Crippen LogP contribution in [0.1, 0.15) is 37.9 Å². The molecule has 23 heavy (non-hydrogen) atoms. The summed E-state index contributed by atoms with van der Waals surface area (Å²) in [5.41, 5.74) is 5.90. The fourth-order valence-electron chi connectivity index (χ4n) is 3.55. The molecule has 0 unspecified atom stereocenters. The molecule has 1 aliphatic heterocycles. The summed E-state index contributed by atoms with van der Waals surface area (Å²) in [7, 11) is 0. The minimum absolute atomic E-state index is 0.0436. The molecule has 6 nitrogen and oxygen atoms in total. The number of hydrogen-bond donors (Lipinski definition) is 2. The highest BCUT2D eigenvalue weighted by Crippen LogP contribution is 2.44. The summed E-state index contributed by atoms with van der Waals surface area (Å²) in [5, 5.41) is 3.20. The maximum absolute atomic E-state index is 12.8. The van der Waals surface area contributed by atoms with Gasteiger partial charge in [0.05, 0.1) is 11.5 Å². The topological polar surface area (TPSA) is 84.1 Å². The molecule has 0 bridgehead atoms. The van der Waals surface area contributed by atoms with Crippen molar-refractivity contribution in [1.82, 2.24) is 20.2 Å². The lowest BCUT2D eigenvalue weighted by Gasteiger charge is -2.36. The van der Waals surface area contributed by atoms with E-state index in [0.29, 0.717) is 0 Å². The number of likely N-dealkylation sites (tertiary alicyclic amines) is 1. The van der Waals surface area contributed by atoms with Crippen LogP contribution >= 0.6 is 0 Å². The molecule has 2 heterocycles. The molecule has 0 radical (unpaired) electrons. The normalized spacial score (nSPS) is 30.0. The van der Waals surface area contributed by atoms with E-state index in [9.17, 15) is 4.79 Å². The quantitative estimate of drug-likeness (QED) is 0.833. The van der Waals surface area contributed by atoms with Crippen LogP contribution in [-0.2, 0) is 10.3 Å². The molecule has 3 N–H and O–H groups in total. The Labute approximate surface area is 136 Å². The number of amides is 1. The predicted molar refractivity (Wildman–Crippen MR) is 86.3 cm³/mol. The van der Waals surface area contributed by atoms with E-state index in [1.165, 1.54) is 12.8 Å². The van der Waals surface area contributed by atoms with Crippen LogP contribution in [0.5, 0.6) is 0 Å². The molecule has 4 rings (SSSR count). The Morgan fingerprint density at radius 1 is 1.30 bits per heavy atom. The minimum Gasteiger partial charge on any atom is -0.343 e.